The number of benzene rings is 1. The fraction of sp³-hybridized carbons (Fsp3) is 0.600. The Bertz CT molecular complexity index is 956. The number of piperidine rings is 1. The third kappa shape index (κ3) is 4.16. The van der Waals surface area contributed by atoms with Gasteiger partial charge in [0, 0.05) is 19.0 Å². The second-order valence-electron chi connectivity index (χ2n) is 7.81. The maximum absolute atomic E-state index is 13.7. The molecule has 0 spiro atoms. The number of halogens is 1. The van der Waals surface area contributed by atoms with Crippen molar-refractivity contribution in [2.45, 2.75) is 61.7 Å². The van der Waals surface area contributed by atoms with Gasteiger partial charge in [0.05, 0.1) is 13.0 Å². The highest BCUT2D eigenvalue weighted by Gasteiger charge is 2.35. The second kappa shape index (κ2) is 8.39. The summed E-state index contributed by atoms with van der Waals surface area (Å²) in [7, 11) is -2.53. The molecule has 1 aromatic heterocycles. The number of aromatic nitrogens is 2. The van der Waals surface area contributed by atoms with Crippen LogP contribution in [0.2, 0.25) is 0 Å². The smallest absolute Gasteiger partial charge is 0.246 e. The van der Waals surface area contributed by atoms with Crippen LogP contribution in [0.3, 0.4) is 0 Å². The van der Waals surface area contributed by atoms with Crippen molar-refractivity contribution in [1.82, 2.24) is 14.5 Å². The van der Waals surface area contributed by atoms with Gasteiger partial charge in [0.25, 0.3) is 0 Å². The molecule has 1 saturated heterocycles. The molecule has 2 fully saturated rings. The monoisotopic (exact) mass is 423 g/mol. The van der Waals surface area contributed by atoms with Gasteiger partial charge in [-0.15, -0.1) is 10.2 Å². The molecule has 1 aliphatic carbocycles. The number of sulfonamides is 1. The Morgan fingerprint density at radius 3 is 2.48 bits per heavy atom. The van der Waals surface area contributed by atoms with Gasteiger partial charge >= 0.3 is 0 Å². The number of rotatable bonds is 5. The van der Waals surface area contributed by atoms with Gasteiger partial charge in [0.2, 0.25) is 21.8 Å². The molecule has 29 heavy (non-hydrogen) atoms. The van der Waals surface area contributed by atoms with Crippen LogP contribution >= 0.6 is 0 Å². The maximum Gasteiger partial charge on any atom is 0.246 e. The minimum Gasteiger partial charge on any atom is -0.495 e. The van der Waals surface area contributed by atoms with Crippen molar-refractivity contribution in [1.29, 1.82) is 0 Å². The van der Waals surface area contributed by atoms with E-state index in [2.05, 4.69) is 10.2 Å². The summed E-state index contributed by atoms with van der Waals surface area (Å²) < 4.78 is 52.5. The normalized spacial score (nSPS) is 21.9. The van der Waals surface area contributed by atoms with E-state index in [0.717, 1.165) is 25.3 Å². The third-order valence-electron chi connectivity index (χ3n) is 5.89. The van der Waals surface area contributed by atoms with Crippen LogP contribution in [-0.4, -0.2) is 43.1 Å². The van der Waals surface area contributed by atoms with E-state index in [1.165, 1.54) is 42.8 Å². The summed E-state index contributed by atoms with van der Waals surface area (Å²) in [5.41, 5.74) is 0. The lowest BCUT2D eigenvalue weighted by molar-refractivity contribution is 0.272. The van der Waals surface area contributed by atoms with E-state index >= 15 is 0 Å². The van der Waals surface area contributed by atoms with Gasteiger partial charge in [0.1, 0.15) is 16.5 Å². The van der Waals surface area contributed by atoms with Crippen molar-refractivity contribution in [3.63, 3.8) is 0 Å². The lowest BCUT2D eigenvalue weighted by Gasteiger charge is -2.30. The molecule has 0 radical (unpaired) electrons. The molecule has 9 heteroatoms. The van der Waals surface area contributed by atoms with Crippen LogP contribution in [0.1, 0.15) is 68.6 Å². The largest absolute Gasteiger partial charge is 0.495 e. The van der Waals surface area contributed by atoms with Gasteiger partial charge in [-0.05, 0) is 43.9 Å². The van der Waals surface area contributed by atoms with Gasteiger partial charge in [0.15, 0.2) is 0 Å². The van der Waals surface area contributed by atoms with E-state index in [4.69, 9.17) is 9.15 Å². The van der Waals surface area contributed by atoms with E-state index in [1.807, 2.05) is 0 Å². The maximum atomic E-state index is 13.7. The fourth-order valence-corrected chi connectivity index (χ4v) is 5.97. The van der Waals surface area contributed by atoms with Crippen LogP contribution in [0.25, 0.3) is 0 Å². The molecule has 4 rings (SSSR count). The number of ether oxygens (including phenoxy) is 1. The predicted octanol–water partition coefficient (Wildman–Crippen LogP) is 3.83. The van der Waals surface area contributed by atoms with Gasteiger partial charge < -0.3 is 9.15 Å². The molecule has 7 nitrogen and oxygen atoms in total. The zero-order chi connectivity index (χ0) is 20.4. The molecule has 2 aromatic rings. The first-order valence-electron chi connectivity index (χ1n) is 10.2. The molecule has 0 bridgehead atoms. The van der Waals surface area contributed by atoms with Crippen LogP contribution in [0, 0.1) is 5.82 Å². The van der Waals surface area contributed by atoms with Gasteiger partial charge in [-0.25, -0.2) is 12.8 Å². The molecule has 2 aliphatic rings. The zero-order valence-corrected chi connectivity index (χ0v) is 17.3. The van der Waals surface area contributed by atoms with E-state index in [1.54, 1.807) is 0 Å². The highest BCUT2D eigenvalue weighted by molar-refractivity contribution is 7.89. The molecular weight excluding hydrogens is 397 g/mol. The molecule has 1 atom stereocenters. The fourth-order valence-electron chi connectivity index (χ4n) is 4.28. The molecule has 1 aromatic carbocycles. The molecule has 1 aliphatic heterocycles. The first kappa shape index (κ1) is 20.3. The summed E-state index contributed by atoms with van der Waals surface area (Å²) >= 11 is 0. The Hall–Kier alpha value is -2.00. The number of methoxy groups -OCH3 is 1. The summed E-state index contributed by atoms with van der Waals surface area (Å²) in [6, 6.07) is 3.52. The van der Waals surface area contributed by atoms with E-state index in [9.17, 15) is 12.8 Å². The van der Waals surface area contributed by atoms with Crippen molar-refractivity contribution in [2.24, 2.45) is 0 Å². The van der Waals surface area contributed by atoms with Gasteiger partial charge in [-0.1, -0.05) is 19.3 Å². The lowest BCUT2D eigenvalue weighted by Crippen LogP contribution is -2.39. The summed E-state index contributed by atoms with van der Waals surface area (Å²) in [5.74, 6) is 0.828. The molecule has 1 unspecified atom stereocenters. The van der Waals surface area contributed by atoms with Crippen LogP contribution in [0.5, 0.6) is 5.75 Å². The molecule has 1 saturated carbocycles. The van der Waals surface area contributed by atoms with Crippen molar-refractivity contribution in [3.05, 3.63) is 35.8 Å². The molecular formula is C20H26FN3O4S. The van der Waals surface area contributed by atoms with E-state index in [-0.39, 0.29) is 23.1 Å². The Morgan fingerprint density at radius 2 is 1.76 bits per heavy atom. The second-order valence-corrected chi connectivity index (χ2v) is 9.72. The lowest BCUT2D eigenvalue weighted by atomic mass is 9.89. The first-order valence-corrected chi connectivity index (χ1v) is 11.6. The number of hydrogen-bond acceptors (Lipinski definition) is 6. The quantitative estimate of drug-likeness (QED) is 0.726. The molecule has 0 amide bonds. The Kier molecular flexibility index (Phi) is 5.87. The van der Waals surface area contributed by atoms with Crippen LogP contribution in [0.15, 0.2) is 27.5 Å². The van der Waals surface area contributed by atoms with E-state index < -0.39 is 15.8 Å². The van der Waals surface area contributed by atoms with Crippen molar-refractivity contribution in [3.8, 4) is 5.75 Å². The minimum absolute atomic E-state index is 0.130. The van der Waals surface area contributed by atoms with Crippen LogP contribution < -0.4 is 4.74 Å². The van der Waals surface area contributed by atoms with E-state index in [0.29, 0.717) is 30.7 Å². The number of nitrogens with zero attached hydrogens (tertiary/aromatic N) is 3. The third-order valence-corrected chi connectivity index (χ3v) is 7.77. The van der Waals surface area contributed by atoms with Crippen LogP contribution in [0.4, 0.5) is 4.39 Å². The summed E-state index contributed by atoms with van der Waals surface area (Å²) in [6.07, 6.45) is 7.16. The predicted molar refractivity (Wildman–Crippen MR) is 104 cm³/mol. The Morgan fingerprint density at radius 1 is 1.07 bits per heavy atom. The average Bonchev–Trinajstić information content (AvgIpc) is 3.25. The first-order chi connectivity index (χ1) is 14.0. The standard InChI is InChI=1S/C20H26FN3O4S/c1-27-17-10-9-16(21)12-18(17)29(25,26)24-11-5-8-15(13-24)20-23-22-19(28-20)14-6-3-2-4-7-14/h9-10,12,14-15H,2-8,11,13H2,1H3. The molecule has 2 heterocycles. The highest BCUT2D eigenvalue weighted by atomic mass is 32.2. The molecule has 0 N–H and O–H groups in total. The summed E-state index contributed by atoms with van der Waals surface area (Å²) in [5, 5.41) is 8.47. The van der Waals surface area contributed by atoms with Crippen molar-refractivity contribution in [2.75, 3.05) is 20.2 Å². The summed E-state index contributed by atoms with van der Waals surface area (Å²) in [4.78, 5) is -0.158. The highest BCUT2D eigenvalue weighted by Crippen LogP contribution is 2.36. The SMILES string of the molecule is COc1ccc(F)cc1S(=O)(=O)N1CCCC(c2nnc(C3CCCCC3)o2)C1. The Labute approximate surface area is 170 Å². The average molecular weight is 424 g/mol. The topological polar surface area (TPSA) is 85.5 Å². The Balaban J connectivity index is 1.54. The minimum atomic E-state index is -3.90. The van der Waals surface area contributed by atoms with Crippen molar-refractivity contribution >= 4 is 10.0 Å². The van der Waals surface area contributed by atoms with Crippen molar-refractivity contribution < 1.29 is 22.0 Å². The van der Waals surface area contributed by atoms with Gasteiger partial charge in [-0.3, -0.25) is 0 Å². The van der Waals surface area contributed by atoms with Gasteiger partial charge in [-0.2, -0.15) is 4.31 Å². The number of hydrogen-bond donors (Lipinski definition) is 0. The summed E-state index contributed by atoms with van der Waals surface area (Å²) in [6.45, 7) is 0.594. The zero-order valence-electron chi connectivity index (χ0n) is 16.5. The molecule has 158 valence electrons. The van der Waals surface area contributed by atoms with Crippen LogP contribution in [-0.2, 0) is 10.0 Å².